The molecule has 0 fully saturated rings. The number of hydrogen-bond donors (Lipinski definition) is 1. The fourth-order valence-corrected chi connectivity index (χ4v) is 3.09. The lowest BCUT2D eigenvalue weighted by atomic mass is 10.1. The molecule has 3 rings (SSSR count). The Kier molecular flexibility index (Phi) is 3.79. The topological polar surface area (TPSA) is 63.1 Å². The van der Waals surface area contributed by atoms with Gasteiger partial charge < -0.3 is 5.32 Å². The molecular formula is C13H17N5OS. The number of carbonyl (C=O) groups is 1. The van der Waals surface area contributed by atoms with Gasteiger partial charge in [0, 0.05) is 31.2 Å². The third-order valence-corrected chi connectivity index (χ3v) is 4.07. The summed E-state index contributed by atoms with van der Waals surface area (Å²) in [5.41, 5.74) is 3.39. The molecule has 0 aromatic carbocycles. The van der Waals surface area contributed by atoms with E-state index in [9.17, 15) is 4.79 Å². The number of thiazole rings is 1. The summed E-state index contributed by atoms with van der Waals surface area (Å²) in [6.07, 6.45) is 2.71. The largest absolute Gasteiger partial charge is 0.351 e. The maximum atomic E-state index is 11.8. The standard InChI is InChI=1S/C13H17N5OS/c1-17-6-10(18-11(7-17)3-5-16-18)2-4-14-13(19)12-8-20-9-15-12/h3,5,8-10H,2,4,6-7H2,1H3,(H,14,19)/t10-/m0/s1. The predicted molar refractivity (Wildman–Crippen MR) is 76.7 cm³/mol. The Bertz CT molecular complexity index is 579. The number of carbonyl (C=O) groups excluding carboxylic acids is 1. The summed E-state index contributed by atoms with van der Waals surface area (Å²) in [5.74, 6) is -0.101. The van der Waals surface area contributed by atoms with Gasteiger partial charge in [0.25, 0.3) is 5.91 Å². The van der Waals surface area contributed by atoms with Gasteiger partial charge in [0.2, 0.25) is 0 Å². The molecule has 0 unspecified atom stereocenters. The first-order chi connectivity index (χ1) is 9.74. The molecule has 2 aromatic heterocycles. The molecular weight excluding hydrogens is 274 g/mol. The Morgan fingerprint density at radius 1 is 1.60 bits per heavy atom. The van der Waals surface area contributed by atoms with Crippen molar-refractivity contribution in [3.8, 4) is 0 Å². The number of nitrogens with one attached hydrogen (secondary N) is 1. The monoisotopic (exact) mass is 291 g/mol. The summed E-state index contributed by atoms with van der Waals surface area (Å²) in [7, 11) is 2.11. The van der Waals surface area contributed by atoms with Gasteiger partial charge in [0.15, 0.2) is 0 Å². The van der Waals surface area contributed by atoms with Crippen LogP contribution in [0.1, 0.15) is 28.6 Å². The summed E-state index contributed by atoms with van der Waals surface area (Å²) in [6, 6.07) is 2.37. The number of fused-ring (bicyclic) bond motifs is 1. The van der Waals surface area contributed by atoms with E-state index in [1.165, 1.54) is 17.0 Å². The van der Waals surface area contributed by atoms with Gasteiger partial charge in [-0.1, -0.05) is 0 Å². The number of likely N-dealkylation sites (N-methyl/N-ethyl adjacent to an activating group) is 1. The van der Waals surface area contributed by atoms with Crippen LogP contribution in [-0.4, -0.2) is 45.7 Å². The highest BCUT2D eigenvalue weighted by Crippen LogP contribution is 2.21. The van der Waals surface area contributed by atoms with Crippen molar-refractivity contribution < 1.29 is 4.79 Å². The van der Waals surface area contributed by atoms with Crippen molar-refractivity contribution in [2.45, 2.75) is 19.0 Å². The maximum absolute atomic E-state index is 11.8. The smallest absolute Gasteiger partial charge is 0.270 e. The van der Waals surface area contributed by atoms with Gasteiger partial charge in [0.1, 0.15) is 5.69 Å². The van der Waals surface area contributed by atoms with Crippen molar-refractivity contribution >= 4 is 17.2 Å². The minimum atomic E-state index is -0.101. The normalized spacial score (nSPS) is 18.8. The van der Waals surface area contributed by atoms with Crippen molar-refractivity contribution in [3.05, 3.63) is 34.5 Å². The van der Waals surface area contributed by atoms with Gasteiger partial charge in [-0.2, -0.15) is 5.10 Å². The third kappa shape index (κ3) is 2.73. The summed E-state index contributed by atoms with van der Waals surface area (Å²) in [5, 5.41) is 9.06. The molecule has 6 nitrogen and oxygen atoms in total. The van der Waals surface area contributed by atoms with Crippen LogP contribution in [0.15, 0.2) is 23.2 Å². The van der Waals surface area contributed by atoms with E-state index in [0.717, 1.165) is 19.5 Å². The minimum absolute atomic E-state index is 0.101. The molecule has 0 spiro atoms. The Morgan fingerprint density at radius 2 is 2.50 bits per heavy atom. The maximum Gasteiger partial charge on any atom is 0.270 e. The van der Waals surface area contributed by atoms with E-state index in [4.69, 9.17) is 0 Å². The van der Waals surface area contributed by atoms with Crippen molar-refractivity contribution in [3.63, 3.8) is 0 Å². The fraction of sp³-hybridized carbons (Fsp3) is 0.462. The van der Waals surface area contributed by atoms with E-state index < -0.39 is 0 Å². The zero-order valence-electron chi connectivity index (χ0n) is 11.3. The average Bonchev–Trinajstić information content (AvgIpc) is 3.09. The van der Waals surface area contributed by atoms with Gasteiger partial charge in [-0.3, -0.25) is 14.4 Å². The van der Waals surface area contributed by atoms with E-state index >= 15 is 0 Å². The summed E-state index contributed by atoms with van der Waals surface area (Å²) in [6.45, 7) is 2.52. The Labute approximate surface area is 121 Å². The van der Waals surface area contributed by atoms with Crippen LogP contribution in [0.25, 0.3) is 0 Å². The summed E-state index contributed by atoms with van der Waals surface area (Å²) >= 11 is 1.43. The van der Waals surface area contributed by atoms with Crippen LogP contribution in [0, 0.1) is 0 Å². The second kappa shape index (κ2) is 5.72. The van der Waals surface area contributed by atoms with Gasteiger partial charge in [0.05, 0.1) is 17.2 Å². The molecule has 7 heteroatoms. The Balaban J connectivity index is 1.56. The van der Waals surface area contributed by atoms with Crippen molar-refractivity contribution in [1.29, 1.82) is 0 Å². The number of amides is 1. The molecule has 1 aliphatic heterocycles. The van der Waals surface area contributed by atoms with Crippen molar-refractivity contribution in [2.75, 3.05) is 20.1 Å². The number of nitrogens with zero attached hydrogens (tertiary/aromatic N) is 4. The summed E-state index contributed by atoms with van der Waals surface area (Å²) < 4.78 is 2.08. The molecule has 1 N–H and O–H groups in total. The lowest BCUT2D eigenvalue weighted by Crippen LogP contribution is -2.37. The lowest BCUT2D eigenvalue weighted by Gasteiger charge is -2.31. The molecule has 0 saturated heterocycles. The summed E-state index contributed by atoms with van der Waals surface area (Å²) in [4.78, 5) is 18.1. The fourth-order valence-electron chi connectivity index (χ4n) is 2.55. The highest BCUT2D eigenvalue weighted by molar-refractivity contribution is 7.07. The second-order valence-corrected chi connectivity index (χ2v) is 5.75. The van der Waals surface area contributed by atoms with Gasteiger partial charge in [-0.25, -0.2) is 4.98 Å². The molecule has 0 saturated carbocycles. The van der Waals surface area contributed by atoms with Gasteiger partial charge in [-0.05, 0) is 19.5 Å². The van der Waals surface area contributed by atoms with Crippen LogP contribution in [0.4, 0.5) is 0 Å². The number of aromatic nitrogens is 3. The molecule has 106 valence electrons. The van der Waals surface area contributed by atoms with Crippen molar-refractivity contribution in [1.82, 2.24) is 25.0 Å². The first kappa shape index (κ1) is 13.3. The predicted octanol–water partition coefficient (Wildman–Crippen LogP) is 1.15. The second-order valence-electron chi connectivity index (χ2n) is 5.04. The zero-order valence-corrected chi connectivity index (χ0v) is 12.1. The lowest BCUT2D eigenvalue weighted by molar-refractivity contribution is 0.0944. The SMILES string of the molecule is CN1Cc2ccnn2[C@@H](CCNC(=O)c2cscn2)C1. The van der Waals surface area contributed by atoms with Crippen LogP contribution >= 0.6 is 11.3 Å². The molecule has 3 heterocycles. The van der Waals surface area contributed by atoms with E-state index in [1.54, 1.807) is 10.9 Å². The first-order valence-corrected chi connectivity index (χ1v) is 7.55. The van der Waals surface area contributed by atoms with Crippen molar-refractivity contribution in [2.24, 2.45) is 0 Å². The third-order valence-electron chi connectivity index (χ3n) is 3.48. The van der Waals surface area contributed by atoms with Gasteiger partial charge in [-0.15, -0.1) is 11.3 Å². The molecule has 1 aliphatic rings. The highest BCUT2D eigenvalue weighted by atomic mass is 32.1. The average molecular weight is 291 g/mol. The number of hydrogen-bond acceptors (Lipinski definition) is 5. The molecule has 1 amide bonds. The van der Waals surface area contributed by atoms with Gasteiger partial charge >= 0.3 is 0 Å². The molecule has 20 heavy (non-hydrogen) atoms. The van der Waals surface area contributed by atoms with E-state index in [0.29, 0.717) is 18.3 Å². The molecule has 1 atom stereocenters. The van der Waals surface area contributed by atoms with E-state index in [1.807, 2.05) is 6.20 Å². The number of rotatable bonds is 4. The van der Waals surface area contributed by atoms with Crippen LogP contribution in [0.3, 0.4) is 0 Å². The molecule has 0 radical (unpaired) electrons. The molecule has 0 aliphatic carbocycles. The van der Waals surface area contributed by atoms with E-state index in [2.05, 4.69) is 38.1 Å². The Hall–Kier alpha value is -1.73. The molecule has 2 aromatic rings. The quantitative estimate of drug-likeness (QED) is 0.918. The Morgan fingerprint density at radius 3 is 3.30 bits per heavy atom. The minimum Gasteiger partial charge on any atom is -0.351 e. The first-order valence-electron chi connectivity index (χ1n) is 6.61. The van der Waals surface area contributed by atoms with Crippen LogP contribution in [0.2, 0.25) is 0 Å². The zero-order chi connectivity index (χ0) is 13.9. The van der Waals surface area contributed by atoms with E-state index in [-0.39, 0.29) is 5.91 Å². The van der Waals surface area contributed by atoms with Crippen LogP contribution < -0.4 is 5.32 Å². The molecule has 0 bridgehead atoms. The highest BCUT2D eigenvalue weighted by Gasteiger charge is 2.23. The van der Waals surface area contributed by atoms with Crippen LogP contribution in [0.5, 0.6) is 0 Å². The van der Waals surface area contributed by atoms with Crippen LogP contribution in [-0.2, 0) is 6.54 Å².